The van der Waals surface area contributed by atoms with E-state index in [1.807, 2.05) is 0 Å². The maximum Gasteiger partial charge on any atom is 0.192 e. The lowest BCUT2D eigenvalue weighted by atomic mass is 10.1. The lowest BCUT2D eigenvalue weighted by Crippen LogP contribution is -2.45. The Balaban J connectivity index is 4.59. The van der Waals surface area contributed by atoms with Gasteiger partial charge < -0.3 is 9.22 Å². The van der Waals surface area contributed by atoms with Crippen LogP contribution < -0.4 is 0 Å². The molecule has 0 aliphatic rings. The molecule has 0 amide bonds. The van der Waals surface area contributed by atoms with Crippen molar-refractivity contribution in [3.8, 4) is 0 Å². The molecule has 0 N–H and O–H groups in total. The Kier molecular flexibility index (Phi) is 5.20. The zero-order valence-electron chi connectivity index (χ0n) is 11.3. The maximum atomic E-state index is 10.6. The van der Waals surface area contributed by atoms with E-state index in [4.69, 9.17) is 4.43 Å². The van der Waals surface area contributed by atoms with Crippen molar-refractivity contribution in [1.29, 1.82) is 0 Å². The Morgan fingerprint density at radius 1 is 1.27 bits per heavy atom. The van der Waals surface area contributed by atoms with Gasteiger partial charge in [0.25, 0.3) is 0 Å². The Morgan fingerprint density at radius 2 is 1.73 bits per heavy atom. The third-order valence-corrected chi connectivity index (χ3v) is 7.83. The number of aldehydes is 1. The van der Waals surface area contributed by atoms with Gasteiger partial charge in [0.2, 0.25) is 0 Å². The fourth-order valence-corrected chi connectivity index (χ4v) is 2.59. The molecule has 1 atom stereocenters. The summed E-state index contributed by atoms with van der Waals surface area (Å²) in [6, 6.07) is 0. The molecular weight excluding hydrogens is 204 g/mol. The first-order valence-corrected chi connectivity index (χ1v) is 8.64. The topological polar surface area (TPSA) is 26.3 Å². The quantitative estimate of drug-likeness (QED) is 0.532. The van der Waals surface area contributed by atoms with E-state index < -0.39 is 8.32 Å². The van der Waals surface area contributed by atoms with Gasteiger partial charge in [0.15, 0.2) is 8.32 Å². The lowest BCUT2D eigenvalue weighted by molar-refractivity contribution is -0.109. The van der Waals surface area contributed by atoms with Crippen LogP contribution in [0.4, 0.5) is 0 Å². The van der Waals surface area contributed by atoms with Gasteiger partial charge >= 0.3 is 0 Å². The Labute approximate surface area is 95.5 Å². The highest BCUT2D eigenvalue weighted by molar-refractivity contribution is 6.74. The smallest absolute Gasteiger partial charge is 0.192 e. The van der Waals surface area contributed by atoms with Gasteiger partial charge in [-0.25, -0.2) is 0 Å². The summed E-state index contributed by atoms with van der Waals surface area (Å²) in [5, 5.41) is 0.211. The summed E-state index contributed by atoms with van der Waals surface area (Å²) in [5.41, 5.74) is 0. The molecule has 0 unspecified atom stereocenters. The van der Waals surface area contributed by atoms with E-state index in [0.29, 0.717) is 12.3 Å². The van der Waals surface area contributed by atoms with Crippen LogP contribution in [-0.4, -0.2) is 20.7 Å². The summed E-state index contributed by atoms with van der Waals surface area (Å²) >= 11 is 0. The number of carbonyl (C=O) groups excluding carboxylic acids is 1. The van der Waals surface area contributed by atoms with Crippen LogP contribution in [0.25, 0.3) is 0 Å². The molecule has 0 bridgehead atoms. The van der Waals surface area contributed by atoms with Crippen molar-refractivity contribution in [3.05, 3.63) is 0 Å². The van der Waals surface area contributed by atoms with Crippen molar-refractivity contribution >= 4 is 14.6 Å². The molecule has 0 aliphatic carbocycles. The minimum absolute atomic E-state index is 0.0865. The summed E-state index contributed by atoms with van der Waals surface area (Å²) in [5.74, 6) is 0.407. The van der Waals surface area contributed by atoms with E-state index in [9.17, 15) is 4.79 Å². The van der Waals surface area contributed by atoms with Gasteiger partial charge in [-0.2, -0.15) is 0 Å². The zero-order valence-corrected chi connectivity index (χ0v) is 12.3. The molecule has 3 heteroatoms. The Morgan fingerprint density at radius 3 is 2.00 bits per heavy atom. The molecule has 0 fully saturated rings. The molecule has 0 rings (SSSR count). The van der Waals surface area contributed by atoms with Crippen LogP contribution in [0.5, 0.6) is 0 Å². The average molecular weight is 230 g/mol. The van der Waals surface area contributed by atoms with Gasteiger partial charge in [0.05, 0.1) is 6.10 Å². The highest BCUT2D eigenvalue weighted by atomic mass is 28.4. The van der Waals surface area contributed by atoms with Crippen LogP contribution in [0.1, 0.15) is 41.0 Å². The molecule has 0 saturated heterocycles. The van der Waals surface area contributed by atoms with Gasteiger partial charge in [0.1, 0.15) is 6.29 Å². The second-order valence-corrected chi connectivity index (χ2v) is 10.8. The standard InChI is InChI=1S/C12H26O2Si/c1-10(2)11(8-9-13)14-15(6,7)12(3,4)5/h9-11H,8H2,1-7H3/t11-/m1/s1. The number of carbonyl (C=O) groups is 1. The monoisotopic (exact) mass is 230 g/mol. The van der Waals surface area contributed by atoms with Crippen molar-refractivity contribution in [2.24, 2.45) is 5.92 Å². The van der Waals surface area contributed by atoms with Crippen LogP contribution in [0.15, 0.2) is 0 Å². The van der Waals surface area contributed by atoms with Crippen LogP contribution in [0, 0.1) is 5.92 Å². The summed E-state index contributed by atoms with van der Waals surface area (Å²) in [6.45, 7) is 15.3. The molecule has 0 spiro atoms. The third-order valence-electron chi connectivity index (χ3n) is 3.32. The SMILES string of the molecule is CC(C)[C@@H](CC=O)O[Si](C)(C)C(C)(C)C. The number of hydrogen-bond acceptors (Lipinski definition) is 2. The van der Waals surface area contributed by atoms with Crippen molar-refractivity contribution in [2.45, 2.75) is 65.3 Å². The molecule has 0 aromatic carbocycles. The van der Waals surface area contributed by atoms with E-state index in [-0.39, 0.29) is 11.1 Å². The highest BCUT2D eigenvalue weighted by Crippen LogP contribution is 2.38. The molecule has 0 aliphatic heterocycles. The maximum absolute atomic E-state index is 10.6. The molecule has 0 aromatic heterocycles. The van der Waals surface area contributed by atoms with Gasteiger partial charge in [-0.15, -0.1) is 0 Å². The fraction of sp³-hybridized carbons (Fsp3) is 0.917. The molecule has 2 nitrogen and oxygen atoms in total. The molecular formula is C12H26O2Si. The third kappa shape index (κ3) is 4.47. The van der Waals surface area contributed by atoms with Crippen LogP contribution in [-0.2, 0) is 9.22 Å². The van der Waals surface area contributed by atoms with E-state index >= 15 is 0 Å². The second kappa shape index (κ2) is 5.26. The largest absolute Gasteiger partial charge is 0.413 e. The van der Waals surface area contributed by atoms with Crippen molar-refractivity contribution in [3.63, 3.8) is 0 Å². The summed E-state index contributed by atoms with van der Waals surface area (Å²) in [6.07, 6.45) is 1.57. The molecule has 0 saturated carbocycles. The fourth-order valence-electron chi connectivity index (χ4n) is 1.11. The minimum atomic E-state index is -1.73. The van der Waals surface area contributed by atoms with Crippen LogP contribution in [0.2, 0.25) is 18.1 Å². The summed E-state index contributed by atoms with van der Waals surface area (Å²) < 4.78 is 6.21. The Bertz CT molecular complexity index is 204. The van der Waals surface area contributed by atoms with E-state index in [1.165, 1.54) is 0 Å². The second-order valence-electron chi connectivity index (χ2n) is 6.06. The van der Waals surface area contributed by atoms with Gasteiger partial charge in [-0.3, -0.25) is 0 Å². The van der Waals surface area contributed by atoms with Gasteiger partial charge in [-0.05, 0) is 24.1 Å². The molecule has 0 radical (unpaired) electrons. The summed E-state index contributed by atoms with van der Waals surface area (Å²) in [4.78, 5) is 10.6. The van der Waals surface area contributed by atoms with Crippen molar-refractivity contribution in [2.75, 3.05) is 0 Å². The lowest BCUT2D eigenvalue weighted by Gasteiger charge is -2.40. The molecule has 90 valence electrons. The molecule has 15 heavy (non-hydrogen) atoms. The molecule has 0 heterocycles. The van der Waals surface area contributed by atoms with Gasteiger partial charge in [-0.1, -0.05) is 34.6 Å². The van der Waals surface area contributed by atoms with Crippen molar-refractivity contribution in [1.82, 2.24) is 0 Å². The van der Waals surface area contributed by atoms with Gasteiger partial charge in [0, 0.05) is 6.42 Å². The van der Waals surface area contributed by atoms with Crippen LogP contribution in [0.3, 0.4) is 0 Å². The van der Waals surface area contributed by atoms with E-state index in [1.54, 1.807) is 0 Å². The highest BCUT2D eigenvalue weighted by Gasteiger charge is 2.39. The first-order valence-electron chi connectivity index (χ1n) is 5.73. The van der Waals surface area contributed by atoms with E-state index in [0.717, 1.165) is 6.29 Å². The number of hydrogen-bond donors (Lipinski definition) is 0. The zero-order chi connectivity index (χ0) is 12.3. The summed E-state index contributed by atoms with van der Waals surface area (Å²) in [7, 11) is -1.73. The normalized spacial score (nSPS) is 15.5. The Hall–Kier alpha value is -0.153. The first kappa shape index (κ1) is 14.8. The predicted molar refractivity (Wildman–Crippen MR) is 67.6 cm³/mol. The van der Waals surface area contributed by atoms with E-state index in [2.05, 4.69) is 47.7 Å². The minimum Gasteiger partial charge on any atom is -0.413 e. The predicted octanol–water partition coefficient (Wildman–Crippen LogP) is 3.62. The molecule has 0 aromatic rings. The average Bonchev–Trinajstić information content (AvgIpc) is 2.00. The first-order chi connectivity index (χ1) is 6.62. The number of rotatable bonds is 5. The van der Waals surface area contributed by atoms with Crippen molar-refractivity contribution < 1.29 is 9.22 Å². The van der Waals surface area contributed by atoms with Crippen LogP contribution >= 0.6 is 0 Å².